The summed E-state index contributed by atoms with van der Waals surface area (Å²) in [6.45, 7) is 10.7. The Hall–Kier alpha value is -1.63. The van der Waals surface area contributed by atoms with Crippen molar-refractivity contribution in [3.63, 3.8) is 0 Å². The van der Waals surface area contributed by atoms with Crippen LogP contribution >= 0.6 is 0 Å². The number of carbonyl (C=O) groups excluding carboxylic acids is 1. The van der Waals surface area contributed by atoms with E-state index in [2.05, 4.69) is 45.6 Å². The fourth-order valence-corrected chi connectivity index (χ4v) is 2.31. The first-order valence-corrected chi connectivity index (χ1v) is 6.87. The van der Waals surface area contributed by atoms with Crippen molar-refractivity contribution in [3.8, 4) is 0 Å². The number of esters is 1. The van der Waals surface area contributed by atoms with Gasteiger partial charge in [-0.2, -0.15) is 0 Å². The van der Waals surface area contributed by atoms with Gasteiger partial charge in [-0.1, -0.05) is 5.21 Å². The molecular weight excluding hydrogens is 258 g/mol. The number of rotatable bonds is 3. The first-order valence-electron chi connectivity index (χ1n) is 6.87. The molecule has 1 aliphatic heterocycles. The molecule has 1 aromatic rings. The van der Waals surface area contributed by atoms with Crippen molar-refractivity contribution in [2.24, 2.45) is 0 Å². The molecule has 7 heteroatoms. The Morgan fingerprint density at radius 1 is 1.30 bits per heavy atom. The number of aromatic nitrogens is 3. The molecule has 0 atom stereocenters. The number of ether oxygens (including phenoxy) is 1. The van der Waals surface area contributed by atoms with E-state index in [0.29, 0.717) is 0 Å². The molecule has 1 aliphatic rings. The van der Waals surface area contributed by atoms with Crippen LogP contribution in [0.2, 0.25) is 0 Å². The molecule has 0 N–H and O–H groups in total. The van der Waals surface area contributed by atoms with Crippen molar-refractivity contribution in [1.82, 2.24) is 19.9 Å². The minimum Gasteiger partial charge on any atom is -0.468 e. The molecule has 7 nitrogen and oxygen atoms in total. The number of carbonyl (C=O) groups is 1. The van der Waals surface area contributed by atoms with Crippen LogP contribution in [0.3, 0.4) is 0 Å². The quantitative estimate of drug-likeness (QED) is 0.746. The second kappa shape index (κ2) is 5.78. The third kappa shape index (κ3) is 3.47. The summed E-state index contributed by atoms with van der Waals surface area (Å²) in [5.41, 5.74) is 0.203. The molecule has 1 aromatic heterocycles. The number of hydrogen-bond acceptors (Lipinski definition) is 6. The summed E-state index contributed by atoms with van der Waals surface area (Å²) >= 11 is 0. The Balaban J connectivity index is 1.92. The molecule has 0 saturated carbocycles. The van der Waals surface area contributed by atoms with Crippen LogP contribution in [-0.2, 0) is 16.1 Å². The van der Waals surface area contributed by atoms with Gasteiger partial charge in [-0.3, -0.25) is 9.69 Å². The number of methoxy groups -OCH3 is 1. The highest BCUT2D eigenvalue weighted by Crippen LogP contribution is 2.18. The molecule has 1 saturated heterocycles. The van der Waals surface area contributed by atoms with Crippen LogP contribution < -0.4 is 4.90 Å². The summed E-state index contributed by atoms with van der Waals surface area (Å²) in [6.07, 6.45) is 1.80. The van der Waals surface area contributed by atoms with Crippen LogP contribution in [0.15, 0.2) is 6.20 Å². The predicted octanol–water partition coefficient (Wildman–Crippen LogP) is 0.372. The van der Waals surface area contributed by atoms with Crippen molar-refractivity contribution in [1.29, 1.82) is 0 Å². The molecule has 0 spiro atoms. The Morgan fingerprint density at radius 2 is 1.95 bits per heavy atom. The van der Waals surface area contributed by atoms with Crippen LogP contribution in [0, 0.1) is 0 Å². The van der Waals surface area contributed by atoms with Crippen molar-refractivity contribution in [2.75, 3.05) is 38.2 Å². The van der Waals surface area contributed by atoms with Gasteiger partial charge in [0.2, 0.25) is 0 Å². The van der Waals surface area contributed by atoms with Crippen LogP contribution in [-0.4, -0.2) is 64.7 Å². The van der Waals surface area contributed by atoms with Gasteiger partial charge in [-0.15, -0.1) is 5.10 Å². The molecular formula is C13H23N5O2. The number of hydrogen-bond donors (Lipinski definition) is 0. The van der Waals surface area contributed by atoms with E-state index >= 15 is 0 Å². The Kier molecular flexibility index (Phi) is 4.27. The summed E-state index contributed by atoms with van der Waals surface area (Å²) in [6, 6.07) is 0. The number of nitrogens with zero attached hydrogens (tertiary/aromatic N) is 5. The van der Waals surface area contributed by atoms with Crippen LogP contribution in [0.1, 0.15) is 20.8 Å². The fourth-order valence-electron chi connectivity index (χ4n) is 2.31. The Bertz CT molecular complexity index is 458. The highest BCUT2D eigenvalue weighted by Gasteiger charge is 2.26. The maximum absolute atomic E-state index is 11.2. The minimum atomic E-state index is -0.320. The van der Waals surface area contributed by atoms with Crippen molar-refractivity contribution >= 4 is 11.8 Å². The van der Waals surface area contributed by atoms with Crippen LogP contribution in [0.4, 0.5) is 5.82 Å². The van der Waals surface area contributed by atoms with E-state index in [-0.39, 0.29) is 18.1 Å². The lowest BCUT2D eigenvalue weighted by Crippen LogP contribution is -2.53. The van der Waals surface area contributed by atoms with Gasteiger partial charge in [0.1, 0.15) is 6.54 Å². The van der Waals surface area contributed by atoms with Crippen LogP contribution in [0.5, 0.6) is 0 Å². The van der Waals surface area contributed by atoms with Gasteiger partial charge in [0.05, 0.1) is 13.3 Å². The third-order valence-electron chi connectivity index (χ3n) is 3.60. The van der Waals surface area contributed by atoms with Gasteiger partial charge in [0, 0.05) is 31.7 Å². The third-order valence-corrected chi connectivity index (χ3v) is 3.60. The zero-order valence-electron chi connectivity index (χ0n) is 12.7. The van der Waals surface area contributed by atoms with Gasteiger partial charge in [0.15, 0.2) is 5.82 Å². The SMILES string of the molecule is COC(=O)Cn1cc(N2CCN(C(C)(C)C)CC2)nn1. The van der Waals surface area contributed by atoms with Crippen molar-refractivity contribution in [2.45, 2.75) is 32.9 Å². The molecule has 2 heterocycles. The molecule has 2 rings (SSSR count). The maximum atomic E-state index is 11.2. The topological polar surface area (TPSA) is 63.5 Å². The number of anilines is 1. The molecule has 0 bridgehead atoms. The van der Waals surface area contributed by atoms with E-state index in [0.717, 1.165) is 32.0 Å². The Labute approximate surface area is 119 Å². The van der Waals surface area contributed by atoms with E-state index in [1.165, 1.54) is 11.8 Å². The Morgan fingerprint density at radius 3 is 2.50 bits per heavy atom. The predicted molar refractivity (Wildman–Crippen MR) is 75.6 cm³/mol. The average Bonchev–Trinajstić information content (AvgIpc) is 2.86. The van der Waals surface area contributed by atoms with Crippen molar-refractivity contribution < 1.29 is 9.53 Å². The monoisotopic (exact) mass is 281 g/mol. The normalized spacial score (nSPS) is 17.3. The molecule has 0 aromatic carbocycles. The molecule has 20 heavy (non-hydrogen) atoms. The highest BCUT2D eigenvalue weighted by atomic mass is 16.5. The van der Waals surface area contributed by atoms with E-state index < -0.39 is 0 Å². The lowest BCUT2D eigenvalue weighted by Gasteiger charge is -2.42. The molecule has 0 unspecified atom stereocenters. The van der Waals surface area contributed by atoms with Gasteiger partial charge >= 0.3 is 5.97 Å². The standard InChI is InChI=1S/C13H23N5O2/c1-13(2,3)17-7-5-16(6-8-17)11-9-18(15-14-11)10-12(19)20-4/h9H,5-8,10H2,1-4H3. The molecule has 112 valence electrons. The summed E-state index contributed by atoms with van der Waals surface area (Å²) < 4.78 is 6.12. The van der Waals surface area contributed by atoms with E-state index in [1.807, 2.05) is 0 Å². The van der Waals surface area contributed by atoms with Crippen molar-refractivity contribution in [3.05, 3.63) is 6.20 Å². The zero-order valence-corrected chi connectivity index (χ0v) is 12.7. The molecule has 0 aliphatic carbocycles. The summed E-state index contributed by atoms with van der Waals surface area (Å²) in [7, 11) is 1.37. The lowest BCUT2D eigenvalue weighted by atomic mass is 10.1. The first kappa shape index (κ1) is 14.8. The molecule has 1 fully saturated rings. The van der Waals surface area contributed by atoms with E-state index in [9.17, 15) is 4.79 Å². The highest BCUT2D eigenvalue weighted by molar-refractivity contribution is 5.68. The lowest BCUT2D eigenvalue weighted by molar-refractivity contribution is -0.141. The second-order valence-electron chi connectivity index (χ2n) is 6.00. The average molecular weight is 281 g/mol. The minimum absolute atomic E-state index is 0.103. The largest absolute Gasteiger partial charge is 0.468 e. The summed E-state index contributed by atoms with van der Waals surface area (Å²) in [5, 5.41) is 8.08. The summed E-state index contributed by atoms with van der Waals surface area (Å²) in [5.74, 6) is 0.501. The molecule has 0 radical (unpaired) electrons. The van der Waals surface area contributed by atoms with Gasteiger partial charge in [-0.05, 0) is 20.8 Å². The smallest absolute Gasteiger partial charge is 0.327 e. The van der Waals surface area contributed by atoms with Gasteiger partial charge in [0.25, 0.3) is 0 Å². The zero-order chi connectivity index (χ0) is 14.8. The van der Waals surface area contributed by atoms with E-state index in [1.54, 1.807) is 6.20 Å². The summed E-state index contributed by atoms with van der Waals surface area (Å²) in [4.78, 5) is 15.8. The fraction of sp³-hybridized carbons (Fsp3) is 0.769. The van der Waals surface area contributed by atoms with E-state index in [4.69, 9.17) is 0 Å². The first-order chi connectivity index (χ1) is 9.40. The molecule has 0 amide bonds. The second-order valence-corrected chi connectivity index (χ2v) is 6.00. The van der Waals surface area contributed by atoms with Gasteiger partial charge in [-0.25, -0.2) is 4.68 Å². The van der Waals surface area contributed by atoms with Crippen LogP contribution in [0.25, 0.3) is 0 Å². The maximum Gasteiger partial charge on any atom is 0.327 e. The van der Waals surface area contributed by atoms with Gasteiger partial charge < -0.3 is 9.64 Å². The number of piperazine rings is 1.